The zero-order chi connectivity index (χ0) is 16.5. The summed E-state index contributed by atoms with van der Waals surface area (Å²) in [5.41, 5.74) is 0.0668. The molecule has 1 aliphatic rings. The van der Waals surface area contributed by atoms with Crippen LogP contribution in [0.5, 0.6) is 5.75 Å². The Bertz CT molecular complexity index is 718. The van der Waals surface area contributed by atoms with Crippen LogP contribution in [0.3, 0.4) is 0 Å². The number of benzene rings is 1. The van der Waals surface area contributed by atoms with Crippen LogP contribution in [0.4, 0.5) is 11.4 Å². The molecule has 0 aliphatic carbocycles. The molecule has 1 fully saturated rings. The second kappa shape index (κ2) is 5.89. The predicted molar refractivity (Wildman–Crippen MR) is 78.1 cm³/mol. The van der Waals surface area contributed by atoms with Gasteiger partial charge in [-0.1, -0.05) is 0 Å². The van der Waals surface area contributed by atoms with E-state index >= 15 is 0 Å². The zero-order valence-electron chi connectivity index (χ0n) is 11.8. The van der Waals surface area contributed by atoms with Crippen molar-refractivity contribution in [3.8, 4) is 5.75 Å². The molecule has 0 saturated carbocycles. The number of sulfonamides is 1. The van der Waals surface area contributed by atoms with Crippen molar-refractivity contribution in [2.45, 2.75) is 6.42 Å². The van der Waals surface area contributed by atoms with Gasteiger partial charge in [-0.3, -0.25) is 14.9 Å². The third-order valence-electron chi connectivity index (χ3n) is 3.34. The molecule has 1 aliphatic heterocycles. The summed E-state index contributed by atoms with van der Waals surface area (Å²) >= 11 is 0. The number of hydrogen-bond acceptors (Lipinski definition) is 6. The average Bonchev–Trinajstić information content (AvgIpc) is 2.76. The van der Waals surface area contributed by atoms with Crippen LogP contribution in [-0.2, 0) is 14.8 Å². The molecular formula is C12H15N3O6S. The van der Waals surface area contributed by atoms with Crippen molar-refractivity contribution in [2.75, 3.05) is 24.3 Å². The van der Waals surface area contributed by atoms with Crippen LogP contribution in [0.1, 0.15) is 6.42 Å². The largest absolute Gasteiger partial charge is 0.490 e. The van der Waals surface area contributed by atoms with Gasteiger partial charge in [0, 0.05) is 24.9 Å². The highest BCUT2D eigenvalue weighted by molar-refractivity contribution is 7.89. The molecule has 0 aromatic heterocycles. The molecule has 1 atom stereocenters. The van der Waals surface area contributed by atoms with Crippen LogP contribution >= 0.6 is 0 Å². The highest BCUT2D eigenvalue weighted by Crippen LogP contribution is 2.34. The van der Waals surface area contributed by atoms with E-state index in [-0.39, 0.29) is 36.1 Å². The van der Waals surface area contributed by atoms with Gasteiger partial charge in [0.1, 0.15) is 0 Å². The smallest absolute Gasteiger partial charge is 0.312 e. The van der Waals surface area contributed by atoms with Crippen LogP contribution in [0.15, 0.2) is 18.2 Å². The molecule has 1 aromatic rings. The van der Waals surface area contributed by atoms with E-state index in [9.17, 15) is 23.3 Å². The van der Waals surface area contributed by atoms with Gasteiger partial charge in [-0.15, -0.1) is 0 Å². The van der Waals surface area contributed by atoms with Crippen LogP contribution < -0.4 is 14.8 Å². The van der Waals surface area contributed by atoms with Gasteiger partial charge in [-0.25, -0.2) is 13.6 Å². The maximum absolute atomic E-state index is 12.0. The van der Waals surface area contributed by atoms with Crippen molar-refractivity contribution < 1.29 is 22.9 Å². The Balaban J connectivity index is 2.27. The fourth-order valence-corrected chi connectivity index (χ4v) is 3.34. The molecular weight excluding hydrogens is 314 g/mol. The molecule has 1 saturated heterocycles. The van der Waals surface area contributed by atoms with Crippen molar-refractivity contribution in [1.29, 1.82) is 0 Å². The van der Waals surface area contributed by atoms with Gasteiger partial charge in [-0.2, -0.15) is 0 Å². The lowest BCUT2D eigenvalue weighted by atomic mass is 10.1. The molecule has 1 heterocycles. The molecule has 2 N–H and O–H groups in total. The minimum atomic E-state index is -3.68. The van der Waals surface area contributed by atoms with E-state index in [0.29, 0.717) is 5.69 Å². The number of rotatable bonds is 5. The van der Waals surface area contributed by atoms with Crippen molar-refractivity contribution in [1.82, 2.24) is 0 Å². The quantitative estimate of drug-likeness (QED) is 0.608. The average molecular weight is 329 g/mol. The molecule has 1 amide bonds. The van der Waals surface area contributed by atoms with Gasteiger partial charge in [0.05, 0.1) is 23.5 Å². The minimum absolute atomic E-state index is 0.0380. The van der Waals surface area contributed by atoms with Crippen molar-refractivity contribution in [3.63, 3.8) is 0 Å². The van der Waals surface area contributed by atoms with Gasteiger partial charge in [0.25, 0.3) is 0 Å². The number of carbonyl (C=O) groups is 1. The first-order valence-corrected chi connectivity index (χ1v) is 8.06. The number of nitro groups is 1. The second-order valence-corrected chi connectivity index (χ2v) is 6.68. The first-order chi connectivity index (χ1) is 10.2. The van der Waals surface area contributed by atoms with E-state index in [0.717, 1.165) is 0 Å². The van der Waals surface area contributed by atoms with Gasteiger partial charge in [-0.05, 0) is 12.1 Å². The number of anilines is 1. The third-order valence-corrected chi connectivity index (χ3v) is 4.28. The number of nitrogens with two attached hydrogens (primary N) is 1. The number of carbonyl (C=O) groups excluding carboxylic acids is 1. The summed E-state index contributed by atoms with van der Waals surface area (Å²) in [4.78, 5) is 23.7. The van der Waals surface area contributed by atoms with Crippen LogP contribution in [0, 0.1) is 16.0 Å². The fourth-order valence-electron chi connectivity index (χ4n) is 2.46. The maximum Gasteiger partial charge on any atom is 0.312 e. The Hall–Kier alpha value is -2.20. The lowest BCUT2D eigenvalue weighted by Crippen LogP contribution is -2.27. The van der Waals surface area contributed by atoms with Gasteiger partial charge in [0.15, 0.2) is 5.75 Å². The minimum Gasteiger partial charge on any atom is -0.490 e. The number of amides is 1. The Morgan fingerprint density at radius 2 is 2.18 bits per heavy atom. The molecule has 2 rings (SSSR count). The Morgan fingerprint density at radius 1 is 1.50 bits per heavy atom. The number of methoxy groups -OCH3 is 1. The predicted octanol–water partition coefficient (Wildman–Crippen LogP) is 0.245. The Labute approximate surface area is 126 Å². The van der Waals surface area contributed by atoms with Crippen LogP contribution in [0.2, 0.25) is 0 Å². The van der Waals surface area contributed by atoms with E-state index in [1.165, 1.54) is 30.2 Å². The SMILES string of the molecule is COc1ccc(N2CC(CS(N)(=O)=O)CC2=O)cc1[N+](=O)[O-]. The molecule has 22 heavy (non-hydrogen) atoms. The van der Waals surface area contributed by atoms with E-state index in [1.807, 2.05) is 0 Å². The first-order valence-electron chi connectivity index (χ1n) is 6.34. The molecule has 0 spiro atoms. The molecule has 0 radical (unpaired) electrons. The molecule has 0 bridgehead atoms. The zero-order valence-corrected chi connectivity index (χ0v) is 12.6. The van der Waals surface area contributed by atoms with E-state index in [4.69, 9.17) is 9.88 Å². The Morgan fingerprint density at radius 3 is 2.73 bits per heavy atom. The summed E-state index contributed by atoms with van der Waals surface area (Å²) in [6.07, 6.45) is 0.0380. The van der Waals surface area contributed by atoms with Gasteiger partial charge < -0.3 is 9.64 Å². The highest BCUT2D eigenvalue weighted by Gasteiger charge is 2.33. The Kier molecular flexibility index (Phi) is 4.33. The van der Waals surface area contributed by atoms with Crippen LogP contribution in [-0.4, -0.2) is 38.7 Å². The number of ether oxygens (including phenoxy) is 1. The first kappa shape index (κ1) is 16.2. The summed E-state index contributed by atoms with van der Waals surface area (Å²) in [7, 11) is -2.37. The lowest BCUT2D eigenvalue weighted by Gasteiger charge is -2.17. The van der Waals surface area contributed by atoms with Gasteiger partial charge in [0.2, 0.25) is 15.9 Å². The molecule has 1 aromatic carbocycles. The monoisotopic (exact) mass is 329 g/mol. The molecule has 9 nitrogen and oxygen atoms in total. The third kappa shape index (κ3) is 3.52. The van der Waals surface area contributed by atoms with Crippen LogP contribution in [0.25, 0.3) is 0 Å². The number of nitrogens with zero attached hydrogens (tertiary/aromatic N) is 2. The van der Waals surface area contributed by atoms with E-state index in [2.05, 4.69) is 0 Å². The van der Waals surface area contributed by atoms with Crippen molar-refractivity contribution in [3.05, 3.63) is 28.3 Å². The van der Waals surface area contributed by atoms with Gasteiger partial charge >= 0.3 is 5.69 Å². The molecule has 10 heteroatoms. The number of primary sulfonamides is 1. The second-order valence-electron chi connectivity index (χ2n) is 5.02. The fraction of sp³-hybridized carbons (Fsp3) is 0.417. The van der Waals surface area contributed by atoms with Crippen molar-refractivity contribution >= 4 is 27.3 Å². The normalized spacial score (nSPS) is 18.5. The summed E-state index contributed by atoms with van der Waals surface area (Å²) in [5.74, 6) is -0.939. The maximum atomic E-state index is 12.0. The number of hydrogen-bond donors (Lipinski definition) is 1. The standard InChI is InChI=1S/C12H15N3O6S/c1-21-11-3-2-9(5-10(11)15(17)18)14-6-8(4-12(14)16)7-22(13,19)20/h2-3,5,8H,4,6-7H2,1H3,(H2,13,19,20). The summed E-state index contributed by atoms with van der Waals surface area (Å²) in [5, 5.41) is 16.0. The highest BCUT2D eigenvalue weighted by atomic mass is 32.2. The van der Waals surface area contributed by atoms with E-state index < -0.39 is 20.9 Å². The van der Waals surface area contributed by atoms with E-state index in [1.54, 1.807) is 0 Å². The lowest BCUT2D eigenvalue weighted by molar-refractivity contribution is -0.385. The molecule has 1 unspecified atom stereocenters. The summed E-state index contributed by atoms with van der Waals surface area (Å²) in [6.45, 7) is 0.152. The molecule has 120 valence electrons. The van der Waals surface area contributed by atoms with Crippen molar-refractivity contribution in [2.24, 2.45) is 11.1 Å². The summed E-state index contributed by atoms with van der Waals surface area (Å²) < 4.78 is 27.1. The number of nitro benzene ring substituents is 1. The topological polar surface area (TPSA) is 133 Å². The summed E-state index contributed by atoms with van der Waals surface area (Å²) in [6, 6.07) is 4.15.